The zero-order chi connectivity index (χ0) is 17.2. The average Bonchev–Trinajstić information content (AvgIpc) is 3.05. The van der Waals surface area contributed by atoms with Crippen LogP contribution in [0.2, 0.25) is 0 Å². The Bertz CT molecular complexity index is 576. The van der Waals surface area contributed by atoms with Crippen molar-refractivity contribution in [3.05, 3.63) is 21.9 Å². The summed E-state index contributed by atoms with van der Waals surface area (Å²) in [6.45, 7) is 8.00. The standard InChI is InChI=1S/C18H28N2O3S/c1-14-4-5-16(24-14)12-19-7-3-6-18(17(21)22)13-20(8-9-23-2)11-15(18)10-19/h4-5,15H,3,6-13H2,1-2H3,(H,21,22)/t15-,18-/m0/s1. The molecule has 0 saturated carbocycles. The van der Waals surface area contributed by atoms with Crippen molar-refractivity contribution in [2.75, 3.05) is 46.4 Å². The lowest BCUT2D eigenvalue weighted by molar-refractivity contribution is -0.151. The third-order valence-corrected chi connectivity index (χ3v) is 6.54. The predicted octanol–water partition coefficient (Wildman–Crippen LogP) is 2.30. The fourth-order valence-corrected chi connectivity index (χ4v) is 5.22. The van der Waals surface area contributed by atoms with Crippen molar-refractivity contribution in [2.45, 2.75) is 26.3 Å². The lowest BCUT2D eigenvalue weighted by Gasteiger charge is -2.29. The molecule has 2 aliphatic heterocycles. The lowest BCUT2D eigenvalue weighted by atomic mass is 9.75. The van der Waals surface area contributed by atoms with Crippen molar-refractivity contribution in [3.8, 4) is 0 Å². The number of carboxylic acid groups (broad SMARTS) is 1. The van der Waals surface area contributed by atoms with Gasteiger partial charge >= 0.3 is 5.97 Å². The minimum atomic E-state index is -0.610. The molecule has 0 unspecified atom stereocenters. The van der Waals surface area contributed by atoms with Crippen LogP contribution in [0.3, 0.4) is 0 Å². The number of likely N-dealkylation sites (tertiary alicyclic amines) is 2. The van der Waals surface area contributed by atoms with Gasteiger partial charge in [0, 0.05) is 55.5 Å². The Hall–Kier alpha value is -0.950. The Balaban J connectivity index is 1.71. The third kappa shape index (κ3) is 3.67. The van der Waals surface area contributed by atoms with Crippen LogP contribution in [0.5, 0.6) is 0 Å². The first-order chi connectivity index (χ1) is 11.5. The molecule has 0 bridgehead atoms. The minimum Gasteiger partial charge on any atom is -0.481 e. The summed E-state index contributed by atoms with van der Waals surface area (Å²) >= 11 is 1.85. The Morgan fingerprint density at radius 3 is 2.88 bits per heavy atom. The number of hydrogen-bond acceptors (Lipinski definition) is 5. The molecule has 2 fully saturated rings. The highest BCUT2D eigenvalue weighted by molar-refractivity contribution is 7.11. The van der Waals surface area contributed by atoms with Gasteiger partial charge in [-0.05, 0) is 38.4 Å². The Kier molecular flexibility index (Phi) is 5.59. The van der Waals surface area contributed by atoms with Crippen LogP contribution in [-0.2, 0) is 16.1 Å². The van der Waals surface area contributed by atoms with Crippen molar-refractivity contribution in [2.24, 2.45) is 11.3 Å². The van der Waals surface area contributed by atoms with E-state index in [0.717, 1.165) is 45.6 Å². The Labute approximate surface area is 148 Å². The molecule has 24 heavy (non-hydrogen) atoms. The molecule has 0 spiro atoms. The molecule has 6 heteroatoms. The molecule has 1 N–H and O–H groups in total. The summed E-state index contributed by atoms with van der Waals surface area (Å²) in [5.41, 5.74) is -0.576. The number of fused-ring (bicyclic) bond motifs is 1. The molecule has 1 aromatic heterocycles. The van der Waals surface area contributed by atoms with E-state index in [2.05, 4.69) is 28.9 Å². The van der Waals surface area contributed by atoms with Gasteiger partial charge in [-0.3, -0.25) is 14.6 Å². The van der Waals surface area contributed by atoms with Crippen LogP contribution in [-0.4, -0.2) is 67.3 Å². The van der Waals surface area contributed by atoms with Crippen LogP contribution in [0.4, 0.5) is 0 Å². The van der Waals surface area contributed by atoms with Crippen molar-refractivity contribution >= 4 is 17.3 Å². The van der Waals surface area contributed by atoms with E-state index in [1.54, 1.807) is 7.11 Å². The molecule has 2 atom stereocenters. The molecular formula is C18H28N2O3S. The highest BCUT2D eigenvalue weighted by Gasteiger charge is 2.53. The van der Waals surface area contributed by atoms with E-state index in [1.807, 2.05) is 11.3 Å². The van der Waals surface area contributed by atoms with Crippen LogP contribution in [0, 0.1) is 18.3 Å². The highest BCUT2D eigenvalue weighted by Crippen LogP contribution is 2.43. The van der Waals surface area contributed by atoms with Crippen LogP contribution >= 0.6 is 11.3 Å². The summed E-state index contributed by atoms with van der Waals surface area (Å²) < 4.78 is 5.18. The number of ether oxygens (including phenoxy) is 1. The summed E-state index contributed by atoms with van der Waals surface area (Å²) in [6.07, 6.45) is 1.75. The highest BCUT2D eigenvalue weighted by atomic mass is 32.1. The third-order valence-electron chi connectivity index (χ3n) is 5.55. The largest absolute Gasteiger partial charge is 0.481 e. The zero-order valence-electron chi connectivity index (χ0n) is 14.7. The van der Waals surface area contributed by atoms with E-state index >= 15 is 0 Å². The van der Waals surface area contributed by atoms with Gasteiger partial charge in [0.05, 0.1) is 12.0 Å². The van der Waals surface area contributed by atoms with E-state index in [9.17, 15) is 9.90 Å². The van der Waals surface area contributed by atoms with Crippen molar-refractivity contribution in [3.63, 3.8) is 0 Å². The molecule has 2 saturated heterocycles. The van der Waals surface area contributed by atoms with Gasteiger partial charge < -0.3 is 9.84 Å². The molecular weight excluding hydrogens is 324 g/mol. The number of nitrogens with zero attached hydrogens (tertiary/aromatic N) is 2. The second-order valence-corrected chi connectivity index (χ2v) is 8.61. The zero-order valence-corrected chi connectivity index (χ0v) is 15.5. The van der Waals surface area contributed by atoms with Gasteiger partial charge in [0.25, 0.3) is 0 Å². The Morgan fingerprint density at radius 2 is 2.21 bits per heavy atom. The number of hydrogen-bond donors (Lipinski definition) is 1. The fraction of sp³-hybridized carbons (Fsp3) is 0.722. The number of aliphatic carboxylic acids is 1. The second kappa shape index (κ2) is 7.52. The van der Waals surface area contributed by atoms with Gasteiger partial charge in [0.1, 0.15) is 0 Å². The number of carboxylic acids is 1. The van der Waals surface area contributed by atoms with E-state index in [-0.39, 0.29) is 5.92 Å². The summed E-state index contributed by atoms with van der Waals surface area (Å²) in [5.74, 6) is -0.406. The maximum atomic E-state index is 12.1. The average molecular weight is 353 g/mol. The van der Waals surface area contributed by atoms with Crippen LogP contribution in [0.1, 0.15) is 22.6 Å². The number of thiophene rings is 1. The van der Waals surface area contributed by atoms with Crippen LogP contribution < -0.4 is 0 Å². The van der Waals surface area contributed by atoms with Crippen molar-refractivity contribution in [1.82, 2.24) is 9.80 Å². The van der Waals surface area contributed by atoms with E-state index in [1.165, 1.54) is 9.75 Å². The van der Waals surface area contributed by atoms with Gasteiger partial charge in [-0.2, -0.15) is 0 Å². The quantitative estimate of drug-likeness (QED) is 0.851. The summed E-state index contributed by atoms with van der Waals surface area (Å²) in [7, 11) is 1.70. The first-order valence-corrected chi connectivity index (χ1v) is 9.57. The number of aryl methyl sites for hydroxylation is 1. The molecule has 2 aliphatic rings. The molecule has 134 valence electrons. The first kappa shape index (κ1) is 17.9. The predicted molar refractivity (Wildman–Crippen MR) is 95.4 cm³/mol. The monoisotopic (exact) mass is 352 g/mol. The smallest absolute Gasteiger partial charge is 0.311 e. The fourth-order valence-electron chi connectivity index (χ4n) is 4.29. The second-order valence-electron chi connectivity index (χ2n) is 7.24. The molecule has 5 nitrogen and oxygen atoms in total. The van der Waals surface area contributed by atoms with E-state index < -0.39 is 11.4 Å². The lowest BCUT2D eigenvalue weighted by Crippen LogP contribution is -2.41. The molecule has 3 rings (SSSR count). The topological polar surface area (TPSA) is 53.0 Å². The normalized spacial score (nSPS) is 28.7. The molecule has 0 aliphatic carbocycles. The maximum absolute atomic E-state index is 12.1. The van der Waals surface area contributed by atoms with Gasteiger partial charge in [-0.15, -0.1) is 11.3 Å². The van der Waals surface area contributed by atoms with E-state index in [4.69, 9.17) is 4.74 Å². The molecule has 0 amide bonds. The van der Waals surface area contributed by atoms with E-state index in [0.29, 0.717) is 13.2 Å². The molecule has 0 radical (unpaired) electrons. The molecule has 3 heterocycles. The maximum Gasteiger partial charge on any atom is 0.311 e. The number of methoxy groups -OCH3 is 1. The number of rotatable bonds is 6. The first-order valence-electron chi connectivity index (χ1n) is 8.76. The van der Waals surface area contributed by atoms with Gasteiger partial charge in [0.2, 0.25) is 0 Å². The van der Waals surface area contributed by atoms with Crippen LogP contribution in [0.25, 0.3) is 0 Å². The summed E-state index contributed by atoms with van der Waals surface area (Å²) in [5, 5.41) is 9.97. The summed E-state index contributed by atoms with van der Waals surface area (Å²) in [4.78, 5) is 19.6. The number of carbonyl (C=O) groups is 1. The van der Waals surface area contributed by atoms with Crippen LogP contribution in [0.15, 0.2) is 12.1 Å². The minimum absolute atomic E-state index is 0.204. The molecule has 0 aromatic carbocycles. The van der Waals surface area contributed by atoms with Gasteiger partial charge in [-0.1, -0.05) is 0 Å². The van der Waals surface area contributed by atoms with Gasteiger partial charge in [0.15, 0.2) is 0 Å². The van der Waals surface area contributed by atoms with Crippen molar-refractivity contribution < 1.29 is 14.6 Å². The Morgan fingerprint density at radius 1 is 1.42 bits per heavy atom. The van der Waals surface area contributed by atoms with Gasteiger partial charge in [-0.25, -0.2) is 0 Å². The summed E-state index contributed by atoms with van der Waals surface area (Å²) in [6, 6.07) is 4.37. The molecule has 1 aromatic rings. The SMILES string of the molecule is COCCN1C[C@@H]2CN(Cc3ccc(C)s3)CCC[C@]2(C(=O)O)C1. The van der Waals surface area contributed by atoms with Crippen molar-refractivity contribution in [1.29, 1.82) is 0 Å².